The number of carbonyl (C=O) groups is 2. The zero-order valence-electron chi connectivity index (χ0n) is 17.4. The third kappa shape index (κ3) is 4.95. The Morgan fingerprint density at radius 2 is 1.52 bits per heavy atom. The first kappa shape index (κ1) is 20.7. The predicted molar refractivity (Wildman–Crippen MR) is 116 cm³/mol. The minimum atomic E-state index is 0.0933. The van der Waals surface area contributed by atoms with Gasteiger partial charge in [0.1, 0.15) is 0 Å². The van der Waals surface area contributed by atoms with Crippen molar-refractivity contribution in [3.63, 3.8) is 0 Å². The smallest absolute Gasteiger partial charge is 0.253 e. The fourth-order valence-electron chi connectivity index (χ4n) is 4.40. The molecular formula is C22H32N4O2S. The average molecular weight is 417 g/mol. The quantitative estimate of drug-likeness (QED) is 0.686. The molecule has 1 aliphatic carbocycles. The molecular weight excluding hydrogens is 384 g/mol. The van der Waals surface area contributed by atoms with Gasteiger partial charge in [-0.15, -0.1) is 11.8 Å². The molecule has 2 aliphatic heterocycles. The maximum atomic E-state index is 12.7. The van der Waals surface area contributed by atoms with E-state index in [1.807, 2.05) is 40.3 Å². The van der Waals surface area contributed by atoms with E-state index in [0.717, 1.165) is 50.9 Å². The molecule has 3 aliphatic rings. The lowest BCUT2D eigenvalue weighted by atomic mass is 9.91. The number of hydrogen-bond acceptors (Lipinski definition) is 5. The van der Waals surface area contributed by atoms with Crippen molar-refractivity contribution in [3.05, 3.63) is 29.8 Å². The monoisotopic (exact) mass is 416 g/mol. The van der Waals surface area contributed by atoms with E-state index in [9.17, 15) is 9.59 Å². The highest BCUT2D eigenvalue weighted by Gasteiger charge is 2.30. The van der Waals surface area contributed by atoms with Crippen LogP contribution in [0.3, 0.4) is 0 Å². The maximum absolute atomic E-state index is 12.7. The van der Waals surface area contributed by atoms with Gasteiger partial charge < -0.3 is 9.80 Å². The molecule has 2 heterocycles. The number of rotatable bonds is 5. The molecule has 1 aromatic rings. The Hall–Kier alpha value is -1.57. The van der Waals surface area contributed by atoms with Gasteiger partial charge in [-0.25, -0.2) is 0 Å². The first-order valence-corrected chi connectivity index (χ1v) is 12.0. The molecule has 1 aromatic carbocycles. The third-order valence-electron chi connectivity index (χ3n) is 6.61. The Labute approximate surface area is 178 Å². The minimum absolute atomic E-state index is 0.0933. The molecule has 1 saturated carbocycles. The molecule has 2 saturated heterocycles. The van der Waals surface area contributed by atoms with Gasteiger partial charge in [-0.2, -0.15) is 0 Å². The number of nitrogens with zero attached hydrogens (tertiary/aromatic N) is 4. The molecule has 0 N–H and O–H groups in total. The third-order valence-corrected chi connectivity index (χ3v) is 7.36. The Morgan fingerprint density at radius 3 is 2.07 bits per heavy atom. The van der Waals surface area contributed by atoms with Crippen LogP contribution in [0, 0.1) is 0 Å². The maximum Gasteiger partial charge on any atom is 0.253 e. The van der Waals surface area contributed by atoms with Crippen LogP contribution in [0.2, 0.25) is 0 Å². The summed E-state index contributed by atoms with van der Waals surface area (Å²) < 4.78 is 0. The lowest BCUT2D eigenvalue weighted by molar-refractivity contribution is -0.135. The van der Waals surface area contributed by atoms with Crippen molar-refractivity contribution in [2.45, 2.75) is 30.2 Å². The van der Waals surface area contributed by atoms with Crippen LogP contribution in [0.4, 0.5) is 0 Å². The number of thioether (sulfide) groups is 1. The van der Waals surface area contributed by atoms with Gasteiger partial charge in [0.05, 0.1) is 6.54 Å². The number of amides is 2. The van der Waals surface area contributed by atoms with Crippen molar-refractivity contribution < 1.29 is 9.59 Å². The van der Waals surface area contributed by atoms with E-state index in [1.54, 1.807) is 11.8 Å². The lowest BCUT2D eigenvalue weighted by Gasteiger charge is -2.43. The number of carbonyl (C=O) groups excluding carboxylic acids is 2. The average Bonchev–Trinajstić information content (AvgIpc) is 2.73. The SMILES string of the molecule is CSc1ccc(C(=O)N2CCN(CC(=O)N3CCN(C4CCC4)CC3)CC2)cc1. The summed E-state index contributed by atoms with van der Waals surface area (Å²) >= 11 is 1.68. The second-order valence-electron chi connectivity index (χ2n) is 8.30. The Bertz CT molecular complexity index is 706. The van der Waals surface area contributed by atoms with E-state index in [2.05, 4.69) is 9.80 Å². The fourth-order valence-corrected chi connectivity index (χ4v) is 4.81. The molecule has 6 nitrogen and oxygen atoms in total. The molecule has 7 heteroatoms. The molecule has 0 aromatic heterocycles. The topological polar surface area (TPSA) is 47.1 Å². The van der Waals surface area contributed by atoms with Crippen LogP contribution in [0.25, 0.3) is 0 Å². The summed E-state index contributed by atoms with van der Waals surface area (Å²) in [6.45, 7) is 7.15. The Kier molecular flexibility index (Phi) is 6.77. The summed E-state index contributed by atoms with van der Waals surface area (Å²) in [6, 6.07) is 8.59. The molecule has 0 spiro atoms. The van der Waals surface area contributed by atoms with Crippen LogP contribution in [0.1, 0.15) is 29.6 Å². The summed E-state index contributed by atoms with van der Waals surface area (Å²) in [5.41, 5.74) is 0.747. The van der Waals surface area contributed by atoms with E-state index in [0.29, 0.717) is 19.6 Å². The molecule has 0 radical (unpaired) electrons. The van der Waals surface area contributed by atoms with Crippen LogP contribution >= 0.6 is 11.8 Å². The van der Waals surface area contributed by atoms with Gasteiger partial charge in [-0.1, -0.05) is 6.42 Å². The molecule has 2 amide bonds. The second-order valence-corrected chi connectivity index (χ2v) is 9.18. The highest BCUT2D eigenvalue weighted by atomic mass is 32.2. The van der Waals surface area contributed by atoms with E-state index < -0.39 is 0 Å². The summed E-state index contributed by atoms with van der Waals surface area (Å²) in [5, 5.41) is 0. The van der Waals surface area contributed by atoms with Crippen molar-refractivity contribution >= 4 is 23.6 Å². The van der Waals surface area contributed by atoms with Gasteiger partial charge in [0.25, 0.3) is 5.91 Å². The van der Waals surface area contributed by atoms with Gasteiger partial charge in [0, 0.05) is 68.9 Å². The standard InChI is InChI=1S/C22H32N4O2S/c1-29-20-7-5-18(6-8-20)22(28)26-11-9-23(10-12-26)17-21(27)25-15-13-24(14-16-25)19-3-2-4-19/h5-8,19H,2-4,9-17H2,1H3. The van der Waals surface area contributed by atoms with Gasteiger partial charge in [-0.05, 0) is 43.4 Å². The first-order valence-electron chi connectivity index (χ1n) is 10.8. The highest BCUT2D eigenvalue weighted by Crippen LogP contribution is 2.25. The van der Waals surface area contributed by atoms with Crippen molar-refractivity contribution in [2.24, 2.45) is 0 Å². The fraction of sp³-hybridized carbons (Fsp3) is 0.636. The number of benzene rings is 1. The largest absolute Gasteiger partial charge is 0.339 e. The number of hydrogen-bond donors (Lipinski definition) is 0. The van der Waals surface area contributed by atoms with Crippen LogP contribution in [0.5, 0.6) is 0 Å². The summed E-state index contributed by atoms with van der Waals surface area (Å²) in [4.78, 5) is 35.3. The summed E-state index contributed by atoms with van der Waals surface area (Å²) in [7, 11) is 0. The zero-order chi connectivity index (χ0) is 20.2. The second kappa shape index (κ2) is 9.49. The molecule has 4 rings (SSSR count). The molecule has 0 atom stereocenters. The van der Waals surface area contributed by atoms with Crippen molar-refractivity contribution in [2.75, 3.05) is 65.2 Å². The molecule has 0 unspecified atom stereocenters. The molecule has 0 bridgehead atoms. The van der Waals surface area contributed by atoms with E-state index in [1.165, 1.54) is 24.2 Å². The van der Waals surface area contributed by atoms with E-state index in [4.69, 9.17) is 0 Å². The van der Waals surface area contributed by atoms with Crippen LogP contribution < -0.4 is 0 Å². The van der Waals surface area contributed by atoms with Crippen molar-refractivity contribution in [3.8, 4) is 0 Å². The Morgan fingerprint density at radius 1 is 0.897 bits per heavy atom. The van der Waals surface area contributed by atoms with Gasteiger partial charge in [0.15, 0.2) is 0 Å². The molecule has 158 valence electrons. The van der Waals surface area contributed by atoms with Gasteiger partial charge in [-0.3, -0.25) is 19.4 Å². The first-order chi connectivity index (χ1) is 14.1. The summed E-state index contributed by atoms with van der Waals surface area (Å²) in [5.74, 6) is 0.335. The number of piperazine rings is 2. The van der Waals surface area contributed by atoms with Crippen molar-refractivity contribution in [1.82, 2.24) is 19.6 Å². The summed E-state index contributed by atoms with van der Waals surface area (Å²) in [6.07, 6.45) is 6.06. The molecule has 29 heavy (non-hydrogen) atoms. The lowest BCUT2D eigenvalue weighted by Crippen LogP contribution is -2.56. The van der Waals surface area contributed by atoms with Gasteiger partial charge >= 0.3 is 0 Å². The van der Waals surface area contributed by atoms with E-state index in [-0.39, 0.29) is 11.8 Å². The van der Waals surface area contributed by atoms with Crippen LogP contribution in [-0.2, 0) is 4.79 Å². The predicted octanol–water partition coefficient (Wildman–Crippen LogP) is 1.86. The normalized spacial score (nSPS) is 21.8. The minimum Gasteiger partial charge on any atom is -0.339 e. The molecule has 3 fully saturated rings. The zero-order valence-corrected chi connectivity index (χ0v) is 18.2. The Balaban J connectivity index is 1.20. The highest BCUT2D eigenvalue weighted by molar-refractivity contribution is 7.98. The van der Waals surface area contributed by atoms with Gasteiger partial charge in [0.2, 0.25) is 5.91 Å². The van der Waals surface area contributed by atoms with Crippen molar-refractivity contribution in [1.29, 1.82) is 0 Å². The van der Waals surface area contributed by atoms with Crippen LogP contribution in [0.15, 0.2) is 29.2 Å². The van der Waals surface area contributed by atoms with Crippen LogP contribution in [-0.4, -0.2) is 103 Å². The van der Waals surface area contributed by atoms with E-state index >= 15 is 0 Å².